The molecule has 170 valence electrons. The lowest BCUT2D eigenvalue weighted by Crippen LogP contribution is -2.44. The van der Waals surface area contributed by atoms with Gasteiger partial charge in [-0.3, -0.25) is 9.59 Å². The summed E-state index contributed by atoms with van der Waals surface area (Å²) in [4.78, 5) is 29.0. The molecule has 1 unspecified atom stereocenters. The van der Waals surface area contributed by atoms with E-state index >= 15 is 0 Å². The second kappa shape index (κ2) is 11.9. The van der Waals surface area contributed by atoms with Crippen molar-refractivity contribution in [3.63, 3.8) is 0 Å². The molecule has 1 atom stereocenters. The molecule has 0 aliphatic carbocycles. The Hall–Kier alpha value is -2.53. The van der Waals surface area contributed by atoms with Gasteiger partial charge in [0.05, 0.1) is 29.4 Å². The summed E-state index contributed by atoms with van der Waals surface area (Å²) in [5.41, 5.74) is 2.18. The van der Waals surface area contributed by atoms with Crippen LogP contribution in [-0.4, -0.2) is 49.1 Å². The summed E-state index contributed by atoms with van der Waals surface area (Å²) in [5, 5.41) is 5.51. The highest BCUT2D eigenvalue weighted by molar-refractivity contribution is 8.01. The molecule has 0 aliphatic heterocycles. The zero-order chi connectivity index (χ0) is 22.9. The summed E-state index contributed by atoms with van der Waals surface area (Å²) in [6.45, 7) is 2.43. The van der Waals surface area contributed by atoms with Crippen molar-refractivity contribution in [2.75, 3.05) is 31.6 Å². The zero-order valence-corrected chi connectivity index (χ0v) is 19.4. The van der Waals surface area contributed by atoms with E-state index in [9.17, 15) is 14.0 Å². The second-order valence-corrected chi connectivity index (χ2v) is 9.10. The number of nitrogens with zero attached hydrogens (tertiary/aromatic N) is 1. The van der Waals surface area contributed by atoms with E-state index in [1.54, 1.807) is 25.3 Å². The Bertz CT molecular complexity index is 1060. The number of benzene rings is 2. The van der Waals surface area contributed by atoms with Gasteiger partial charge in [0, 0.05) is 26.1 Å². The molecule has 0 saturated carbocycles. The Balaban J connectivity index is 1.65. The van der Waals surface area contributed by atoms with E-state index in [-0.39, 0.29) is 24.1 Å². The highest BCUT2D eigenvalue weighted by Gasteiger charge is 2.20. The quantitative estimate of drug-likeness (QED) is 0.248. The molecular weight excluding hydrogens is 453 g/mol. The molecule has 2 aromatic carbocycles. The van der Waals surface area contributed by atoms with Gasteiger partial charge in [-0.25, -0.2) is 9.37 Å². The predicted octanol–water partition coefficient (Wildman–Crippen LogP) is 3.83. The maximum Gasteiger partial charge on any atom is 0.247 e. The van der Waals surface area contributed by atoms with Gasteiger partial charge in [0.2, 0.25) is 11.8 Å². The Morgan fingerprint density at radius 2 is 1.97 bits per heavy atom. The second-order valence-electron chi connectivity index (χ2n) is 6.90. The molecule has 7 nitrogen and oxygen atoms in total. The number of rotatable bonds is 11. The van der Waals surface area contributed by atoms with Crippen molar-refractivity contribution in [2.24, 2.45) is 0 Å². The van der Waals surface area contributed by atoms with Gasteiger partial charge in [0.15, 0.2) is 4.34 Å². The van der Waals surface area contributed by atoms with Crippen LogP contribution >= 0.6 is 23.1 Å². The molecule has 0 fully saturated rings. The van der Waals surface area contributed by atoms with Crippen LogP contribution < -0.4 is 10.6 Å². The number of hydrogen-bond acceptors (Lipinski definition) is 7. The van der Waals surface area contributed by atoms with Gasteiger partial charge in [0.25, 0.3) is 0 Å². The average Bonchev–Trinajstić information content (AvgIpc) is 3.16. The maximum atomic E-state index is 13.2. The number of halogens is 1. The molecule has 0 bridgehead atoms. The monoisotopic (exact) mass is 477 g/mol. The average molecular weight is 478 g/mol. The summed E-state index contributed by atoms with van der Waals surface area (Å²) in [5.74, 6) is -0.547. The first-order chi connectivity index (χ1) is 15.4. The summed E-state index contributed by atoms with van der Waals surface area (Å²) in [6.07, 6.45) is 0.248. The highest BCUT2D eigenvalue weighted by atomic mass is 32.2. The van der Waals surface area contributed by atoms with Gasteiger partial charge < -0.3 is 20.1 Å². The van der Waals surface area contributed by atoms with Crippen LogP contribution in [0.25, 0.3) is 10.2 Å². The van der Waals surface area contributed by atoms with Crippen LogP contribution in [-0.2, 0) is 25.5 Å². The third-order valence-electron chi connectivity index (χ3n) is 4.38. The molecule has 1 heterocycles. The van der Waals surface area contributed by atoms with Crippen molar-refractivity contribution in [3.8, 4) is 0 Å². The minimum atomic E-state index is -0.787. The number of amides is 2. The van der Waals surface area contributed by atoms with Crippen molar-refractivity contribution in [3.05, 3.63) is 53.8 Å². The Kier molecular flexibility index (Phi) is 8.98. The van der Waals surface area contributed by atoms with E-state index in [1.165, 1.54) is 42.2 Å². The van der Waals surface area contributed by atoms with E-state index in [0.29, 0.717) is 24.8 Å². The Labute approximate surface area is 193 Å². The predicted molar refractivity (Wildman–Crippen MR) is 125 cm³/mol. The standard InChI is InChI=1S/C22H24FN3O4S2/c1-14(27)24-19(11-15-3-5-16(23)6-4-15)21(28)25-17-7-8-18-20(12-17)32-22(26-18)31-13-30-10-9-29-2/h3-8,12,19H,9-11,13H2,1-2H3,(H,24,27)(H,25,28). The molecule has 3 aromatic rings. The summed E-state index contributed by atoms with van der Waals surface area (Å²) >= 11 is 3.01. The summed E-state index contributed by atoms with van der Waals surface area (Å²) in [7, 11) is 1.63. The summed E-state index contributed by atoms with van der Waals surface area (Å²) in [6, 6.07) is 10.5. The van der Waals surface area contributed by atoms with E-state index in [2.05, 4.69) is 15.6 Å². The van der Waals surface area contributed by atoms with E-state index in [0.717, 1.165) is 20.1 Å². The fourth-order valence-electron chi connectivity index (χ4n) is 2.88. The molecule has 32 heavy (non-hydrogen) atoms. The number of hydrogen-bond donors (Lipinski definition) is 2. The molecule has 10 heteroatoms. The minimum absolute atomic E-state index is 0.248. The molecule has 0 aliphatic rings. The van der Waals surface area contributed by atoms with Crippen molar-refractivity contribution >= 4 is 50.8 Å². The maximum absolute atomic E-state index is 13.2. The number of thioether (sulfide) groups is 1. The molecule has 3 rings (SSSR count). The van der Waals surface area contributed by atoms with E-state index in [4.69, 9.17) is 9.47 Å². The molecule has 1 aromatic heterocycles. The SMILES string of the molecule is COCCOCSc1nc2ccc(NC(=O)C(Cc3ccc(F)cc3)NC(C)=O)cc2s1. The molecule has 2 N–H and O–H groups in total. The molecule has 0 saturated heterocycles. The fourth-order valence-corrected chi connectivity index (χ4v) is 4.73. The van der Waals surface area contributed by atoms with Gasteiger partial charge in [0.1, 0.15) is 11.9 Å². The zero-order valence-electron chi connectivity index (χ0n) is 17.7. The molecule has 0 radical (unpaired) electrons. The number of anilines is 1. The first kappa shape index (κ1) is 24.1. The largest absolute Gasteiger partial charge is 0.382 e. The Morgan fingerprint density at radius 1 is 1.19 bits per heavy atom. The van der Waals surface area contributed by atoms with Crippen LogP contribution in [0.2, 0.25) is 0 Å². The molecular formula is C22H24FN3O4S2. The van der Waals surface area contributed by atoms with Crippen LogP contribution in [0, 0.1) is 5.82 Å². The number of carbonyl (C=O) groups excluding carboxylic acids is 2. The van der Waals surface area contributed by atoms with Gasteiger partial charge in [-0.05, 0) is 35.9 Å². The fraction of sp³-hybridized carbons (Fsp3) is 0.318. The number of fused-ring (bicyclic) bond motifs is 1. The van der Waals surface area contributed by atoms with Crippen molar-refractivity contribution in [2.45, 2.75) is 23.7 Å². The van der Waals surface area contributed by atoms with Gasteiger partial charge in [-0.2, -0.15) is 0 Å². The van der Waals surface area contributed by atoms with Crippen LogP contribution in [0.3, 0.4) is 0 Å². The van der Waals surface area contributed by atoms with E-state index in [1.807, 2.05) is 12.1 Å². The number of aromatic nitrogens is 1. The van der Waals surface area contributed by atoms with Crippen LogP contribution in [0.1, 0.15) is 12.5 Å². The number of methoxy groups -OCH3 is 1. The third-order valence-corrected chi connectivity index (χ3v) is 6.42. The normalized spacial score (nSPS) is 12.0. The minimum Gasteiger partial charge on any atom is -0.382 e. The number of nitrogens with one attached hydrogen (secondary N) is 2. The van der Waals surface area contributed by atoms with Crippen molar-refractivity contribution in [1.29, 1.82) is 0 Å². The van der Waals surface area contributed by atoms with Crippen molar-refractivity contribution < 1.29 is 23.5 Å². The lowest BCUT2D eigenvalue weighted by atomic mass is 10.0. The number of ether oxygens (including phenoxy) is 2. The molecule has 0 spiro atoms. The van der Waals surface area contributed by atoms with Gasteiger partial charge in [-0.15, -0.1) is 11.3 Å². The van der Waals surface area contributed by atoms with Crippen molar-refractivity contribution in [1.82, 2.24) is 10.3 Å². The van der Waals surface area contributed by atoms with Crippen LogP contribution in [0.4, 0.5) is 10.1 Å². The van der Waals surface area contributed by atoms with Gasteiger partial charge >= 0.3 is 0 Å². The number of carbonyl (C=O) groups is 2. The lowest BCUT2D eigenvalue weighted by molar-refractivity contribution is -0.125. The number of thiazole rings is 1. The third kappa shape index (κ3) is 7.27. The first-order valence-electron chi connectivity index (χ1n) is 9.87. The van der Waals surface area contributed by atoms with Crippen LogP contribution in [0.5, 0.6) is 0 Å². The van der Waals surface area contributed by atoms with Crippen LogP contribution in [0.15, 0.2) is 46.8 Å². The summed E-state index contributed by atoms with van der Waals surface area (Å²) < 4.78 is 25.4. The van der Waals surface area contributed by atoms with Gasteiger partial charge in [-0.1, -0.05) is 23.9 Å². The Morgan fingerprint density at radius 3 is 2.69 bits per heavy atom. The lowest BCUT2D eigenvalue weighted by Gasteiger charge is -2.18. The topological polar surface area (TPSA) is 89.6 Å². The smallest absolute Gasteiger partial charge is 0.247 e. The molecule has 2 amide bonds. The first-order valence-corrected chi connectivity index (χ1v) is 11.7. The van der Waals surface area contributed by atoms with E-state index < -0.39 is 6.04 Å². The highest BCUT2D eigenvalue weighted by Crippen LogP contribution is 2.31.